The minimum atomic E-state index is 0.538. The Morgan fingerprint density at radius 2 is 2.00 bits per heavy atom. The highest BCUT2D eigenvalue weighted by Gasteiger charge is 2.28. The van der Waals surface area contributed by atoms with Gasteiger partial charge >= 0.3 is 0 Å². The van der Waals surface area contributed by atoms with E-state index in [0.29, 0.717) is 6.04 Å². The van der Waals surface area contributed by atoms with Crippen molar-refractivity contribution >= 4 is 27.3 Å². The molecule has 1 nitrogen and oxygen atoms in total. The van der Waals surface area contributed by atoms with E-state index in [4.69, 9.17) is 0 Å². The summed E-state index contributed by atoms with van der Waals surface area (Å²) in [4.78, 5) is 2.89. The van der Waals surface area contributed by atoms with Crippen LogP contribution in [0.1, 0.15) is 48.4 Å². The Labute approximate surface area is 117 Å². The van der Waals surface area contributed by atoms with Crippen LogP contribution in [-0.2, 0) is 0 Å². The zero-order chi connectivity index (χ0) is 12.4. The van der Waals surface area contributed by atoms with E-state index >= 15 is 0 Å². The van der Waals surface area contributed by atoms with Gasteiger partial charge in [0.25, 0.3) is 0 Å². The Hall–Kier alpha value is 0.140. The smallest absolute Gasteiger partial charge is 0.0452 e. The summed E-state index contributed by atoms with van der Waals surface area (Å²) in [6.45, 7) is 4.57. The fourth-order valence-electron chi connectivity index (χ4n) is 2.91. The Bertz CT molecular complexity index is 366. The van der Waals surface area contributed by atoms with Gasteiger partial charge in [-0.1, -0.05) is 19.8 Å². The van der Waals surface area contributed by atoms with Crippen LogP contribution in [0.2, 0.25) is 0 Å². The SMILES string of the molecule is CNC(c1sc(C)cc1Br)C1CCC(C)CC1. The number of hydrogen-bond donors (Lipinski definition) is 1. The van der Waals surface area contributed by atoms with E-state index in [9.17, 15) is 0 Å². The summed E-state index contributed by atoms with van der Waals surface area (Å²) in [7, 11) is 2.10. The quantitative estimate of drug-likeness (QED) is 0.836. The standard InChI is InChI=1S/C14H22BrNS/c1-9-4-6-11(7-5-9)13(16-3)14-12(15)8-10(2)17-14/h8-9,11,13,16H,4-7H2,1-3H3. The molecule has 2 rings (SSSR count). The summed E-state index contributed by atoms with van der Waals surface area (Å²) >= 11 is 5.64. The van der Waals surface area contributed by atoms with Crippen molar-refractivity contribution in [3.63, 3.8) is 0 Å². The number of halogens is 1. The summed E-state index contributed by atoms with van der Waals surface area (Å²) in [5.41, 5.74) is 0. The van der Waals surface area contributed by atoms with Crippen LogP contribution < -0.4 is 5.32 Å². The molecular formula is C14H22BrNS. The van der Waals surface area contributed by atoms with Crippen LogP contribution in [-0.4, -0.2) is 7.05 Å². The van der Waals surface area contributed by atoms with Gasteiger partial charge in [-0.3, -0.25) is 0 Å². The van der Waals surface area contributed by atoms with Crippen molar-refractivity contribution in [2.45, 2.75) is 45.6 Å². The van der Waals surface area contributed by atoms with Crippen LogP contribution in [0.15, 0.2) is 10.5 Å². The lowest BCUT2D eigenvalue weighted by atomic mass is 9.79. The second-order valence-corrected chi connectivity index (χ2v) is 7.50. The molecule has 0 saturated heterocycles. The predicted molar refractivity (Wildman–Crippen MR) is 79.7 cm³/mol. The van der Waals surface area contributed by atoms with Gasteiger partial charge < -0.3 is 5.32 Å². The van der Waals surface area contributed by atoms with Gasteiger partial charge in [-0.2, -0.15) is 0 Å². The molecule has 1 aliphatic carbocycles. The first-order valence-corrected chi connectivity index (χ1v) is 8.16. The van der Waals surface area contributed by atoms with E-state index < -0.39 is 0 Å². The molecule has 1 aliphatic rings. The van der Waals surface area contributed by atoms with Gasteiger partial charge in [0.1, 0.15) is 0 Å². The summed E-state index contributed by atoms with van der Waals surface area (Å²) in [6, 6.07) is 2.78. The number of hydrogen-bond acceptors (Lipinski definition) is 2. The van der Waals surface area contributed by atoms with Gasteiger partial charge in [-0.05, 0) is 60.6 Å². The zero-order valence-electron chi connectivity index (χ0n) is 10.9. The van der Waals surface area contributed by atoms with Gasteiger partial charge in [0.15, 0.2) is 0 Å². The molecule has 1 atom stereocenters. The lowest BCUT2D eigenvalue weighted by Gasteiger charge is -2.32. The zero-order valence-corrected chi connectivity index (χ0v) is 13.3. The van der Waals surface area contributed by atoms with Crippen molar-refractivity contribution in [3.8, 4) is 0 Å². The van der Waals surface area contributed by atoms with Crippen LogP contribution in [0, 0.1) is 18.8 Å². The number of thiophene rings is 1. The van der Waals surface area contributed by atoms with E-state index in [1.807, 2.05) is 11.3 Å². The number of rotatable bonds is 3. The highest BCUT2D eigenvalue weighted by Crippen LogP contribution is 2.41. The van der Waals surface area contributed by atoms with Crippen molar-refractivity contribution in [1.29, 1.82) is 0 Å². The monoisotopic (exact) mass is 315 g/mol. The molecule has 1 fully saturated rings. The van der Waals surface area contributed by atoms with Crippen LogP contribution in [0.4, 0.5) is 0 Å². The van der Waals surface area contributed by atoms with E-state index in [1.165, 1.54) is 39.9 Å². The van der Waals surface area contributed by atoms with Gasteiger partial charge in [-0.15, -0.1) is 11.3 Å². The molecule has 1 saturated carbocycles. The lowest BCUT2D eigenvalue weighted by Crippen LogP contribution is -2.27. The average Bonchev–Trinajstić information content (AvgIpc) is 2.62. The first-order valence-electron chi connectivity index (χ1n) is 6.55. The first-order chi connectivity index (χ1) is 8.11. The predicted octanol–water partition coefficient (Wildman–Crippen LogP) is 4.91. The maximum absolute atomic E-state index is 3.71. The normalized spacial score (nSPS) is 27.1. The molecule has 1 aromatic rings. The lowest BCUT2D eigenvalue weighted by molar-refractivity contribution is 0.239. The van der Waals surface area contributed by atoms with Crippen LogP contribution in [0.5, 0.6) is 0 Å². The molecule has 0 aliphatic heterocycles. The maximum atomic E-state index is 3.71. The summed E-state index contributed by atoms with van der Waals surface area (Å²) in [6.07, 6.45) is 5.53. The van der Waals surface area contributed by atoms with Crippen molar-refractivity contribution < 1.29 is 0 Å². The summed E-state index contributed by atoms with van der Waals surface area (Å²) in [5, 5.41) is 3.54. The van der Waals surface area contributed by atoms with Gasteiger partial charge in [-0.25, -0.2) is 0 Å². The Balaban J connectivity index is 2.13. The van der Waals surface area contributed by atoms with E-state index in [0.717, 1.165) is 11.8 Å². The minimum absolute atomic E-state index is 0.538. The van der Waals surface area contributed by atoms with E-state index in [2.05, 4.69) is 48.2 Å². The topological polar surface area (TPSA) is 12.0 Å². The maximum Gasteiger partial charge on any atom is 0.0452 e. The fraction of sp³-hybridized carbons (Fsp3) is 0.714. The second-order valence-electron chi connectivity index (χ2n) is 5.36. The van der Waals surface area contributed by atoms with Crippen molar-refractivity contribution in [2.75, 3.05) is 7.05 Å². The van der Waals surface area contributed by atoms with Gasteiger partial charge in [0.2, 0.25) is 0 Å². The molecule has 0 aromatic carbocycles. The molecule has 0 spiro atoms. The third-order valence-electron chi connectivity index (χ3n) is 3.96. The Kier molecular flexibility index (Phi) is 4.67. The molecule has 3 heteroatoms. The van der Waals surface area contributed by atoms with Crippen molar-refractivity contribution in [3.05, 3.63) is 20.3 Å². The Morgan fingerprint density at radius 1 is 1.35 bits per heavy atom. The minimum Gasteiger partial charge on any atom is -0.312 e. The molecule has 0 radical (unpaired) electrons. The van der Waals surface area contributed by atoms with Gasteiger partial charge in [0, 0.05) is 20.3 Å². The molecular weight excluding hydrogens is 294 g/mol. The number of aryl methyl sites for hydroxylation is 1. The number of nitrogens with one attached hydrogen (secondary N) is 1. The second kappa shape index (κ2) is 5.85. The molecule has 17 heavy (non-hydrogen) atoms. The molecule has 0 amide bonds. The first kappa shape index (κ1) is 13.6. The van der Waals surface area contributed by atoms with E-state index in [1.54, 1.807) is 0 Å². The van der Waals surface area contributed by atoms with E-state index in [-0.39, 0.29) is 0 Å². The third-order valence-corrected chi connectivity index (χ3v) is 6.01. The molecule has 0 bridgehead atoms. The molecule has 1 N–H and O–H groups in total. The molecule has 1 unspecified atom stereocenters. The molecule has 96 valence electrons. The summed E-state index contributed by atoms with van der Waals surface area (Å²) in [5.74, 6) is 1.74. The molecule has 1 heterocycles. The fourth-order valence-corrected chi connectivity index (χ4v) is 5.02. The highest BCUT2D eigenvalue weighted by atomic mass is 79.9. The van der Waals surface area contributed by atoms with Crippen LogP contribution in [0.25, 0.3) is 0 Å². The van der Waals surface area contributed by atoms with Gasteiger partial charge in [0.05, 0.1) is 0 Å². The average molecular weight is 316 g/mol. The van der Waals surface area contributed by atoms with Crippen LogP contribution in [0.3, 0.4) is 0 Å². The highest BCUT2D eigenvalue weighted by molar-refractivity contribution is 9.10. The largest absolute Gasteiger partial charge is 0.312 e. The Morgan fingerprint density at radius 3 is 2.47 bits per heavy atom. The van der Waals surface area contributed by atoms with Crippen molar-refractivity contribution in [1.82, 2.24) is 5.32 Å². The van der Waals surface area contributed by atoms with Crippen molar-refractivity contribution in [2.24, 2.45) is 11.8 Å². The molecule has 1 aromatic heterocycles. The third kappa shape index (κ3) is 3.12. The van der Waals surface area contributed by atoms with Crippen LogP contribution >= 0.6 is 27.3 Å². The summed E-state index contributed by atoms with van der Waals surface area (Å²) < 4.78 is 1.29.